The third-order valence-electron chi connectivity index (χ3n) is 3.69. The van der Waals surface area contributed by atoms with E-state index in [-0.39, 0.29) is 0 Å². The molecular weight excluding hydrogens is 328 g/mol. The maximum Gasteiger partial charge on any atom is 0.324 e. The Morgan fingerprint density at radius 1 is 0.958 bits per heavy atom. The number of carbonyl (C=O) groups is 4. The Hall–Kier alpha value is -1.88. The number of hydrogen-bond donors (Lipinski definition) is 3. The second-order valence-electron chi connectivity index (χ2n) is 5.43. The Bertz CT molecular complexity index is 558. The Kier molecular flexibility index (Phi) is 5.82. The highest BCUT2D eigenvalue weighted by molar-refractivity contribution is 6.00. The summed E-state index contributed by atoms with van der Waals surface area (Å²) in [6.07, 6.45) is -5.68. The zero-order valence-corrected chi connectivity index (χ0v) is 13.6. The molecule has 0 aromatic heterocycles. The van der Waals surface area contributed by atoms with E-state index in [1.54, 1.807) is 0 Å². The molecule has 136 valence electrons. The normalized spacial score (nSPS) is 35.9. The smallest absolute Gasteiger partial charge is 0.324 e. The van der Waals surface area contributed by atoms with Crippen molar-refractivity contribution in [2.24, 2.45) is 0 Å². The van der Waals surface area contributed by atoms with Crippen LogP contribution in [0.5, 0.6) is 0 Å². The lowest BCUT2D eigenvalue weighted by Gasteiger charge is -2.53. The molecule has 0 radical (unpaired) electrons. The average Bonchev–Trinajstić information content (AvgIpc) is 2.45. The molecule has 5 atom stereocenters. The van der Waals surface area contributed by atoms with Crippen LogP contribution in [0.4, 0.5) is 0 Å². The number of ether oxygens (including phenoxy) is 3. The van der Waals surface area contributed by atoms with E-state index in [0.29, 0.717) is 0 Å². The molecule has 1 heterocycles. The Morgan fingerprint density at radius 3 is 1.79 bits per heavy atom. The molecular formula is C14H20O10. The highest BCUT2D eigenvalue weighted by Crippen LogP contribution is 2.43. The first-order chi connectivity index (χ1) is 11.0. The number of carbonyl (C=O) groups excluding carboxylic acids is 4. The van der Waals surface area contributed by atoms with Gasteiger partial charge >= 0.3 is 17.7 Å². The number of hydrogen-bond acceptors (Lipinski definition) is 10. The van der Waals surface area contributed by atoms with Gasteiger partial charge in [0.15, 0.2) is 5.78 Å². The molecule has 0 bridgehead atoms. The number of esters is 2. The third-order valence-corrected chi connectivity index (χ3v) is 3.69. The zero-order valence-electron chi connectivity index (χ0n) is 13.6. The number of aliphatic hydroxyl groups is 3. The van der Waals surface area contributed by atoms with Gasteiger partial charge in [-0.25, -0.2) is 0 Å². The molecule has 0 unspecified atom stereocenters. The van der Waals surface area contributed by atoms with Gasteiger partial charge in [-0.05, 0) is 6.92 Å². The Morgan fingerprint density at radius 2 is 1.46 bits per heavy atom. The van der Waals surface area contributed by atoms with Gasteiger partial charge in [-0.3, -0.25) is 19.2 Å². The van der Waals surface area contributed by atoms with Gasteiger partial charge in [0.25, 0.3) is 5.60 Å². The Labute approximate surface area is 137 Å². The van der Waals surface area contributed by atoms with Gasteiger partial charge < -0.3 is 29.5 Å². The van der Waals surface area contributed by atoms with Crippen molar-refractivity contribution in [3.63, 3.8) is 0 Å². The predicted octanol–water partition coefficient (Wildman–Crippen LogP) is -2.16. The maximum absolute atomic E-state index is 12.3. The summed E-state index contributed by atoms with van der Waals surface area (Å²) in [6.45, 7) is 2.66. The summed E-state index contributed by atoms with van der Waals surface area (Å²) < 4.78 is 15.0. The monoisotopic (exact) mass is 348 g/mol. The van der Waals surface area contributed by atoms with E-state index in [1.165, 1.54) is 0 Å². The van der Waals surface area contributed by atoms with Gasteiger partial charge in [-0.1, -0.05) is 0 Å². The van der Waals surface area contributed by atoms with Gasteiger partial charge in [0.2, 0.25) is 5.78 Å². The van der Waals surface area contributed by atoms with E-state index in [4.69, 9.17) is 14.2 Å². The minimum absolute atomic E-state index is 0.864. The van der Waals surface area contributed by atoms with Crippen LogP contribution in [0.1, 0.15) is 27.7 Å². The summed E-state index contributed by atoms with van der Waals surface area (Å²) in [7, 11) is 0. The number of aliphatic hydroxyl groups excluding tert-OH is 3. The molecule has 0 aromatic carbocycles. The summed E-state index contributed by atoms with van der Waals surface area (Å²) in [5.41, 5.74) is -2.83. The minimum atomic E-state index is -2.86. The summed E-state index contributed by atoms with van der Waals surface area (Å²) in [5.74, 6) is -7.22. The van der Waals surface area contributed by atoms with Gasteiger partial charge in [0.05, 0.1) is 6.61 Å². The van der Waals surface area contributed by atoms with E-state index in [9.17, 15) is 34.5 Å². The quantitative estimate of drug-likeness (QED) is 0.467. The molecule has 10 nitrogen and oxygen atoms in total. The van der Waals surface area contributed by atoms with Crippen LogP contribution >= 0.6 is 0 Å². The van der Waals surface area contributed by atoms with Crippen LogP contribution in [0.15, 0.2) is 0 Å². The number of ketones is 2. The fourth-order valence-electron chi connectivity index (χ4n) is 2.74. The van der Waals surface area contributed by atoms with E-state index in [2.05, 4.69) is 0 Å². The molecule has 10 heteroatoms. The second kappa shape index (κ2) is 6.93. The van der Waals surface area contributed by atoms with Gasteiger partial charge in [-0.2, -0.15) is 0 Å². The lowest BCUT2D eigenvalue weighted by atomic mass is 9.75. The van der Waals surface area contributed by atoms with E-state index in [1.807, 2.05) is 0 Å². The van der Waals surface area contributed by atoms with Gasteiger partial charge in [0, 0.05) is 20.8 Å². The predicted molar refractivity (Wildman–Crippen MR) is 74.3 cm³/mol. The van der Waals surface area contributed by atoms with Crippen molar-refractivity contribution in [2.45, 2.75) is 57.4 Å². The first-order valence-electron chi connectivity index (χ1n) is 7.02. The molecule has 1 saturated heterocycles. The summed E-state index contributed by atoms with van der Waals surface area (Å²) >= 11 is 0. The van der Waals surface area contributed by atoms with Crippen LogP contribution in [0.2, 0.25) is 0 Å². The standard InChI is InChI=1S/C14H20O10/c1-6(16)13(22-8(3)18)12(21)11(20)10(5-15)24-14(13,7(2)17)23-9(4)19/h10-12,15,20-21H,5H2,1-4H3/t10-,11-,12+,13+,14+/m1/s1. The van der Waals surface area contributed by atoms with Crippen LogP contribution in [0.25, 0.3) is 0 Å². The summed E-state index contributed by atoms with van der Waals surface area (Å²) in [5, 5.41) is 29.8. The highest BCUT2D eigenvalue weighted by Gasteiger charge is 2.74. The molecule has 0 amide bonds. The van der Waals surface area contributed by atoms with Crippen LogP contribution in [0, 0.1) is 0 Å². The largest absolute Gasteiger partial charge is 0.441 e. The van der Waals surface area contributed by atoms with Crippen molar-refractivity contribution < 1.29 is 48.7 Å². The molecule has 0 aromatic rings. The van der Waals surface area contributed by atoms with E-state index < -0.39 is 59.8 Å². The van der Waals surface area contributed by atoms with Crippen molar-refractivity contribution in [1.29, 1.82) is 0 Å². The molecule has 1 fully saturated rings. The van der Waals surface area contributed by atoms with Crippen molar-refractivity contribution in [3.05, 3.63) is 0 Å². The fraction of sp³-hybridized carbons (Fsp3) is 0.714. The highest BCUT2D eigenvalue weighted by atomic mass is 16.8. The fourth-order valence-corrected chi connectivity index (χ4v) is 2.74. The molecule has 0 spiro atoms. The average molecular weight is 348 g/mol. The van der Waals surface area contributed by atoms with Crippen molar-refractivity contribution in [2.75, 3.05) is 6.61 Å². The van der Waals surface area contributed by atoms with E-state index >= 15 is 0 Å². The van der Waals surface area contributed by atoms with Crippen LogP contribution in [-0.2, 0) is 33.4 Å². The molecule has 1 aliphatic heterocycles. The van der Waals surface area contributed by atoms with E-state index in [0.717, 1.165) is 27.7 Å². The van der Waals surface area contributed by atoms with Crippen LogP contribution < -0.4 is 0 Å². The minimum Gasteiger partial charge on any atom is -0.441 e. The molecule has 1 rings (SSSR count). The lowest BCUT2D eigenvalue weighted by molar-refractivity contribution is -0.358. The first kappa shape index (κ1) is 20.2. The van der Waals surface area contributed by atoms with Crippen molar-refractivity contribution >= 4 is 23.5 Å². The molecule has 24 heavy (non-hydrogen) atoms. The summed E-state index contributed by atoms with van der Waals surface area (Å²) in [4.78, 5) is 47.5. The zero-order chi connectivity index (χ0) is 18.9. The first-order valence-corrected chi connectivity index (χ1v) is 7.02. The second-order valence-corrected chi connectivity index (χ2v) is 5.43. The SMILES string of the molecule is CC(=O)O[C@@]1(C(C)=O)O[C@H](CO)[C@@H](O)[C@H](O)[C@@]1(OC(C)=O)C(C)=O. The third kappa shape index (κ3) is 2.93. The maximum atomic E-state index is 12.3. The molecule has 1 aliphatic rings. The molecule has 0 saturated carbocycles. The van der Waals surface area contributed by atoms with Crippen LogP contribution in [0.3, 0.4) is 0 Å². The van der Waals surface area contributed by atoms with Crippen LogP contribution in [-0.4, -0.2) is 75.1 Å². The molecule has 0 aliphatic carbocycles. The van der Waals surface area contributed by atoms with Gasteiger partial charge in [-0.15, -0.1) is 0 Å². The topological polar surface area (TPSA) is 157 Å². The van der Waals surface area contributed by atoms with Crippen molar-refractivity contribution in [1.82, 2.24) is 0 Å². The molecule has 3 N–H and O–H groups in total. The van der Waals surface area contributed by atoms with Gasteiger partial charge in [0.1, 0.15) is 18.3 Å². The lowest BCUT2D eigenvalue weighted by Crippen LogP contribution is -2.80. The van der Waals surface area contributed by atoms with Crippen molar-refractivity contribution in [3.8, 4) is 0 Å². The number of Topliss-reactive ketones (excluding diaryl/α,β-unsaturated/α-hetero) is 2. The Balaban J connectivity index is 3.76. The summed E-state index contributed by atoms with van der Waals surface area (Å²) in [6, 6.07) is 0. The number of rotatable bonds is 5.